The summed E-state index contributed by atoms with van der Waals surface area (Å²) in [4.78, 5) is 26.1. The Balaban J connectivity index is 1.92. The molecule has 108 valence electrons. The van der Waals surface area contributed by atoms with Crippen molar-refractivity contribution in [1.29, 1.82) is 0 Å². The van der Waals surface area contributed by atoms with Crippen molar-refractivity contribution in [2.24, 2.45) is 5.92 Å². The molecule has 4 heteroatoms. The zero-order valence-corrected chi connectivity index (χ0v) is 11.9. The molecule has 0 radical (unpaired) electrons. The van der Waals surface area contributed by atoms with Gasteiger partial charge in [0.05, 0.1) is 0 Å². The van der Waals surface area contributed by atoms with Gasteiger partial charge in [-0.25, -0.2) is 0 Å². The van der Waals surface area contributed by atoms with E-state index in [1.807, 2.05) is 11.8 Å². The van der Waals surface area contributed by atoms with Crippen LogP contribution in [0.25, 0.3) is 0 Å². The van der Waals surface area contributed by atoms with Crippen molar-refractivity contribution in [1.82, 2.24) is 4.90 Å². The van der Waals surface area contributed by atoms with Crippen LogP contribution in [0.15, 0.2) is 0 Å². The molecule has 1 saturated heterocycles. The summed E-state index contributed by atoms with van der Waals surface area (Å²) in [6.45, 7) is 3.63. The first-order valence-electron chi connectivity index (χ1n) is 7.64. The zero-order chi connectivity index (χ0) is 13.7. The lowest BCUT2D eigenvalue weighted by Gasteiger charge is -2.33. The Kier molecular flexibility index (Phi) is 5.37. The van der Waals surface area contributed by atoms with E-state index >= 15 is 0 Å². The molecule has 0 N–H and O–H groups in total. The summed E-state index contributed by atoms with van der Waals surface area (Å²) in [5.74, 6) is 0.520. The predicted octanol–water partition coefficient (Wildman–Crippen LogP) is 2.16. The van der Waals surface area contributed by atoms with E-state index in [9.17, 15) is 9.59 Å². The molecule has 4 nitrogen and oxygen atoms in total. The topological polar surface area (TPSA) is 46.6 Å². The van der Waals surface area contributed by atoms with Crippen molar-refractivity contribution in [3.8, 4) is 0 Å². The Morgan fingerprint density at radius 1 is 1.32 bits per heavy atom. The number of rotatable bonds is 5. The van der Waals surface area contributed by atoms with Crippen LogP contribution in [0.1, 0.15) is 51.9 Å². The number of carbonyl (C=O) groups is 2. The van der Waals surface area contributed by atoms with Gasteiger partial charge in [0.1, 0.15) is 12.4 Å². The lowest BCUT2D eigenvalue weighted by Crippen LogP contribution is -2.45. The molecule has 1 heterocycles. The molecule has 0 bridgehead atoms. The van der Waals surface area contributed by atoms with Crippen molar-refractivity contribution >= 4 is 11.7 Å². The number of Topliss-reactive ketones (excluding diaryl/α,β-unsaturated/α-hetero) is 1. The highest BCUT2D eigenvalue weighted by Crippen LogP contribution is 2.32. The van der Waals surface area contributed by atoms with E-state index in [1.165, 1.54) is 0 Å². The average molecular weight is 267 g/mol. The van der Waals surface area contributed by atoms with Gasteiger partial charge in [-0.2, -0.15) is 0 Å². The van der Waals surface area contributed by atoms with Gasteiger partial charge in [0.15, 0.2) is 0 Å². The van der Waals surface area contributed by atoms with Crippen molar-refractivity contribution in [2.45, 2.75) is 57.9 Å². The van der Waals surface area contributed by atoms with Gasteiger partial charge in [0.25, 0.3) is 0 Å². The number of amides is 1. The molecule has 0 aromatic rings. The van der Waals surface area contributed by atoms with Crippen LogP contribution in [0.3, 0.4) is 0 Å². The Morgan fingerprint density at radius 2 is 2.16 bits per heavy atom. The van der Waals surface area contributed by atoms with Gasteiger partial charge in [0, 0.05) is 31.5 Å². The lowest BCUT2D eigenvalue weighted by molar-refractivity contribution is -0.139. The Bertz CT molecular complexity index is 329. The summed E-state index contributed by atoms with van der Waals surface area (Å²) in [5, 5.41) is 0. The third kappa shape index (κ3) is 3.56. The van der Waals surface area contributed by atoms with Crippen LogP contribution >= 0.6 is 0 Å². The SMILES string of the molecule is CCCOCC(=O)N1CCCC1C1CCCCC1=O. The summed E-state index contributed by atoms with van der Waals surface area (Å²) in [5.41, 5.74) is 0. The quantitative estimate of drug-likeness (QED) is 0.717. The minimum absolute atomic E-state index is 0.0642. The third-order valence-electron chi connectivity index (χ3n) is 4.26. The second-order valence-corrected chi connectivity index (χ2v) is 5.67. The normalized spacial score (nSPS) is 27.8. The van der Waals surface area contributed by atoms with Gasteiger partial charge in [-0.15, -0.1) is 0 Å². The average Bonchev–Trinajstić information content (AvgIpc) is 2.88. The molecule has 2 rings (SSSR count). The first-order chi connectivity index (χ1) is 9.24. The number of ketones is 1. The Labute approximate surface area is 115 Å². The molecule has 0 aromatic heterocycles. The van der Waals surface area contributed by atoms with Gasteiger partial charge in [0.2, 0.25) is 5.91 Å². The highest BCUT2D eigenvalue weighted by molar-refractivity contribution is 5.84. The fourth-order valence-electron chi connectivity index (χ4n) is 3.32. The van der Waals surface area contributed by atoms with Crippen LogP contribution in [0.4, 0.5) is 0 Å². The predicted molar refractivity (Wildman–Crippen MR) is 72.8 cm³/mol. The van der Waals surface area contributed by atoms with Gasteiger partial charge >= 0.3 is 0 Å². The maximum atomic E-state index is 12.2. The number of hydrogen-bond donors (Lipinski definition) is 0. The zero-order valence-electron chi connectivity index (χ0n) is 11.9. The van der Waals surface area contributed by atoms with Crippen molar-refractivity contribution in [3.63, 3.8) is 0 Å². The molecule has 2 aliphatic rings. The number of likely N-dealkylation sites (tertiary alicyclic amines) is 1. The van der Waals surface area contributed by atoms with Gasteiger partial charge < -0.3 is 9.64 Å². The summed E-state index contributed by atoms with van der Waals surface area (Å²) >= 11 is 0. The maximum Gasteiger partial charge on any atom is 0.248 e. The van der Waals surface area contributed by atoms with E-state index in [1.54, 1.807) is 0 Å². The van der Waals surface area contributed by atoms with Gasteiger partial charge in [-0.3, -0.25) is 9.59 Å². The molecule has 2 atom stereocenters. The van der Waals surface area contributed by atoms with Crippen LogP contribution in [-0.4, -0.2) is 42.4 Å². The first-order valence-corrected chi connectivity index (χ1v) is 7.64. The van der Waals surface area contributed by atoms with Crippen molar-refractivity contribution in [3.05, 3.63) is 0 Å². The summed E-state index contributed by atoms with van der Waals surface area (Å²) in [6.07, 6.45) is 6.75. The fourth-order valence-corrected chi connectivity index (χ4v) is 3.32. The van der Waals surface area contributed by atoms with Crippen LogP contribution < -0.4 is 0 Å². The highest BCUT2D eigenvalue weighted by atomic mass is 16.5. The number of ether oxygens (including phenoxy) is 1. The van der Waals surface area contributed by atoms with E-state index in [4.69, 9.17) is 4.74 Å². The number of hydrogen-bond acceptors (Lipinski definition) is 3. The molecule has 19 heavy (non-hydrogen) atoms. The van der Waals surface area contributed by atoms with E-state index in [0.717, 1.165) is 45.1 Å². The molecule has 0 aromatic carbocycles. The van der Waals surface area contributed by atoms with Crippen LogP contribution in [0.2, 0.25) is 0 Å². The molecular weight excluding hydrogens is 242 g/mol. The second kappa shape index (κ2) is 7.04. The highest BCUT2D eigenvalue weighted by Gasteiger charge is 2.38. The lowest BCUT2D eigenvalue weighted by atomic mass is 9.82. The van der Waals surface area contributed by atoms with Crippen LogP contribution in [0.5, 0.6) is 0 Å². The summed E-state index contributed by atoms with van der Waals surface area (Å²) < 4.78 is 5.34. The summed E-state index contributed by atoms with van der Waals surface area (Å²) in [6, 6.07) is 0.144. The molecule has 1 saturated carbocycles. The molecule has 2 fully saturated rings. The second-order valence-electron chi connectivity index (χ2n) is 5.67. The van der Waals surface area contributed by atoms with Crippen molar-refractivity contribution in [2.75, 3.05) is 19.8 Å². The maximum absolute atomic E-state index is 12.2. The third-order valence-corrected chi connectivity index (χ3v) is 4.26. The molecule has 1 amide bonds. The smallest absolute Gasteiger partial charge is 0.248 e. The minimum Gasteiger partial charge on any atom is -0.372 e. The van der Waals surface area contributed by atoms with Crippen LogP contribution in [0, 0.1) is 5.92 Å². The first kappa shape index (κ1) is 14.5. The molecule has 0 spiro atoms. The van der Waals surface area contributed by atoms with E-state index in [2.05, 4.69) is 0 Å². The van der Waals surface area contributed by atoms with E-state index in [-0.39, 0.29) is 24.5 Å². The van der Waals surface area contributed by atoms with E-state index < -0.39 is 0 Å². The molecule has 2 unspecified atom stereocenters. The minimum atomic E-state index is 0.0642. The molecular formula is C15H25NO3. The number of nitrogens with zero attached hydrogens (tertiary/aromatic N) is 1. The van der Waals surface area contributed by atoms with Gasteiger partial charge in [-0.05, 0) is 32.1 Å². The van der Waals surface area contributed by atoms with Gasteiger partial charge in [-0.1, -0.05) is 13.3 Å². The largest absolute Gasteiger partial charge is 0.372 e. The molecule has 1 aliphatic carbocycles. The standard InChI is InChI=1S/C15H25NO3/c1-2-10-19-11-15(18)16-9-5-7-13(16)12-6-3-4-8-14(12)17/h12-13H,2-11H2,1H3. The Hall–Kier alpha value is -0.900. The van der Waals surface area contributed by atoms with Crippen LogP contribution in [-0.2, 0) is 14.3 Å². The molecule has 1 aliphatic heterocycles. The summed E-state index contributed by atoms with van der Waals surface area (Å²) in [7, 11) is 0. The monoisotopic (exact) mass is 267 g/mol. The fraction of sp³-hybridized carbons (Fsp3) is 0.867. The number of carbonyl (C=O) groups excluding carboxylic acids is 2. The Morgan fingerprint density at radius 3 is 2.89 bits per heavy atom. The van der Waals surface area contributed by atoms with E-state index in [0.29, 0.717) is 18.8 Å². The van der Waals surface area contributed by atoms with Crippen molar-refractivity contribution < 1.29 is 14.3 Å².